The molecular formula is C16H24N2O5S. The van der Waals surface area contributed by atoms with Crippen molar-refractivity contribution >= 4 is 15.9 Å². The largest absolute Gasteiger partial charge is 0.497 e. The van der Waals surface area contributed by atoms with Crippen LogP contribution in [0, 0.1) is 0 Å². The Morgan fingerprint density at radius 2 is 2.08 bits per heavy atom. The molecule has 0 aromatic heterocycles. The lowest BCUT2D eigenvalue weighted by molar-refractivity contribution is -0.121. The van der Waals surface area contributed by atoms with E-state index in [9.17, 15) is 13.2 Å². The summed E-state index contributed by atoms with van der Waals surface area (Å²) in [6.07, 6.45) is 3.04. The van der Waals surface area contributed by atoms with Crippen LogP contribution in [0.25, 0.3) is 0 Å². The van der Waals surface area contributed by atoms with Crippen LogP contribution < -0.4 is 10.1 Å². The second-order valence-electron chi connectivity index (χ2n) is 5.82. The van der Waals surface area contributed by atoms with Gasteiger partial charge in [0.05, 0.1) is 26.0 Å². The van der Waals surface area contributed by atoms with Gasteiger partial charge in [-0.2, -0.15) is 4.31 Å². The van der Waals surface area contributed by atoms with Crippen LogP contribution in [0.5, 0.6) is 5.75 Å². The van der Waals surface area contributed by atoms with Crippen LogP contribution in [-0.4, -0.2) is 57.8 Å². The molecule has 2 rings (SSSR count). The molecule has 0 radical (unpaired) electrons. The molecule has 1 aromatic carbocycles. The fourth-order valence-corrected chi connectivity index (χ4v) is 3.21. The second kappa shape index (κ2) is 8.46. The Balaban J connectivity index is 1.93. The number of carbonyl (C=O) groups is 1. The summed E-state index contributed by atoms with van der Waals surface area (Å²) in [5, 5.41) is 2.74. The molecule has 1 aromatic rings. The van der Waals surface area contributed by atoms with Gasteiger partial charge in [0.1, 0.15) is 5.75 Å². The minimum absolute atomic E-state index is 0.0298. The van der Waals surface area contributed by atoms with Crippen LogP contribution in [0.1, 0.15) is 18.4 Å². The number of nitrogens with one attached hydrogen (secondary N) is 1. The average Bonchev–Trinajstić information content (AvgIpc) is 3.05. The molecule has 0 bridgehead atoms. The van der Waals surface area contributed by atoms with Gasteiger partial charge in [-0.3, -0.25) is 4.79 Å². The van der Waals surface area contributed by atoms with Crippen molar-refractivity contribution in [3.63, 3.8) is 0 Å². The van der Waals surface area contributed by atoms with E-state index in [4.69, 9.17) is 9.47 Å². The second-order valence-corrected chi connectivity index (χ2v) is 7.80. The summed E-state index contributed by atoms with van der Waals surface area (Å²) in [5.41, 5.74) is 0.785. The maximum absolute atomic E-state index is 12.1. The number of nitrogens with zero attached hydrogens (tertiary/aromatic N) is 1. The predicted molar refractivity (Wildman–Crippen MR) is 90.2 cm³/mol. The molecule has 134 valence electrons. The highest BCUT2D eigenvalue weighted by atomic mass is 32.2. The van der Waals surface area contributed by atoms with E-state index in [1.807, 2.05) is 0 Å². The number of ether oxygens (including phenoxy) is 2. The van der Waals surface area contributed by atoms with E-state index in [0.717, 1.165) is 29.0 Å². The summed E-state index contributed by atoms with van der Waals surface area (Å²) in [6.45, 7) is 1.06. The third kappa shape index (κ3) is 5.77. The van der Waals surface area contributed by atoms with Gasteiger partial charge in [-0.25, -0.2) is 8.42 Å². The minimum Gasteiger partial charge on any atom is -0.497 e. The minimum atomic E-state index is -3.50. The SMILES string of the molecule is COc1ccc(CN(CC(=O)NCC2CCCO2)S(C)(=O)=O)cc1. The molecule has 1 atom stereocenters. The van der Waals surface area contributed by atoms with Crippen LogP contribution in [0.4, 0.5) is 0 Å². The van der Waals surface area contributed by atoms with Crippen molar-refractivity contribution < 1.29 is 22.7 Å². The zero-order valence-corrected chi connectivity index (χ0v) is 14.8. The monoisotopic (exact) mass is 356 g/mol. The van der Waals surface area contributed by atoms with Gasteiger partial charge < -0.3 is 14.8 Å². The van der Waals surface area contributed by atoms with Crippen LogP contribution in [-0.2, 0) is 26.1 Å². The number of methoxy groups -OCH3 is 1. The van der Waals surface area contributed by atoms with Gasteiger partial charge in [-0.15, -0.1) is 0 Å². The van der Waals surface area contributed by atoms with E-state index in [2.05, 4.69) is 5.32 Å². The summed E-state index contributed by atoms with van der Waals surface area (Å²) < 4.78 is 35.6. The highest BCUT2D eigenvalue weighted by Gasteiger charge is 2.22. The lowest BCUT2D eigenvalue weighted by Gasteiger charge is -2.20. The van der Waals surface area contributed by atoms with Crippen LogP contribution >= 0.6 is 0 Å². The average molecular weight is 356 g/mol. The summed E-state index contributed by atoms with van der Waals surface area (Å²) in [6, 6.07) is 7.07. The summed E-state index contributed by atoms with van der Waals surface area (Å²) in [4.78, 5) is 12.1. The zero-order chi connectivity index (χ0) is 17.6. The highest BCUT2D eigenvalue weighted by Crippen LogP contribution is 2.14. The van der Waals surface area contributed by atoms with Gasteiger partial charge in [-0.1, -0.05) is 12.1 Å². The fraction of sp³-hybridized carbons (Fsp3) is 0.562. The third-order valence-corrected chi connectivity index (χ3v) is 5.05. The maximum atomic E-state index is 12.1. The molecule has 1 aliphatic rings. The van der Waals surface area contributed by atoms with Crippen molar-refractivity contribution in [2.75, 3.05) is 33.1 Å². The van der Waals surface area contributed by atoms with E-state index in [1.54, 1.807) is 31.4 Å². The molecule has 1 amide bonds. The Labute approximate surface area is 143 Å². The number of sulfonamides is 1. The zero-order valence-electron chi connectivity index (χ0n) is 14.0. The van der Waals surface area contributed by atoms with Gasteiger partial charge in [0.2, 0.25) is 15.9 Å². The number of rotatable bonds is 8. The van der Waals surface area contributed by atoms with Crippen LogP contribution in [0.15, 0.2) is 24.3 Å². The first kappa shape index (κ1) is 18.7. The highest BCUT2D eigenvalue weighted by molar-refractivity contribution is 7.88. The van der Waals surface area contributed by atoms with Crippen molar-refractivity contribution in [1.29, 1.82) is 0 Å². The molecule has 1 heterocycles. The Kier molecular flexibility index (Phi) is 6.59. The Hall–Kier alpha value is -1.64. The molecule has 0 aliphatic carbocycles. The summed E-state index contributed by atoms with van der Waals surface area (Å²) in [5.74, 6) is 0.364. The van der Waals surface area contributed by atoms with Crippen molar-refractivity contribution in [2.45, 2.75) is 25.5 Å². The van der Waals surface area contributed by atoms with Crippen molar-refractivity contribution in [3.05, 3.63) is 29.8 Å². The predicted octanol–water partition coefficient (Wildman–Crippen LogP) is 0.752. The third-order valence-electron chi connectivity index (χ3n) is 3.86. The van der Waals surface area contributed by atoms with Crippen LogP contribution in [0.3, 0.4) is 0 Å². The quantitative estimate of drug-likeness (QED) is 0.743. The van der Waals surface area contributed by atoms with Crippen molar-refractivity contribution in [3.8, 4) is 5.75 Å². The first-order chi connectivity index (χ1) is 11.4. The van der Waals surface area contributed by atoms with E-state index >= 15 is 0 Å². The van der Waals surface area contributed by atoms with Gasteiger partial charge in [0.25, 0.3) is 0 Å². The molecule has 0 spiro atoms. The summed E-state index contributed by atoms with van der Waals surface area (Å²) >= 11 is 0. The number of amides is 1. The molecule has 1 N–H and O–H groups in total. The Morgan fingerprint density at radius 3 is 2.62 bits per heavy atom. The first-order valence-electron chi connectivity index (χ1n) is 7.85. The molecule has 1 saturated heterocycles. The van der Waals surface area contributed by atoms with Gasteiger partial charge in [0.15, 0.2) is 0 Å². The first-order valence-corrected chi connectivity index (χ1v) is 9.69. The fourth-order valence-electron chi connectivity index (χ4n) is 2.47. The summed E-state index contributed by atoms with van der Waals surface area (Å²) in [7, 11) is -1.94. The Bertz CT molecular complexity index is 639. The van der Waals surface area contributed by atoms with Crippen molar-refractivity contribution in [2.24, 2.45) is 0 Å². The Morgan fingerprint density at radius 1 is 1.38 bits per heavy atom. The number of benzene rings is 1. The lowest BCUT2D eigenvalue weighted by Crippen LogP contribution is -2.42. The molecular weight excluding hydrogens is 332 g/mol. The van der Waals surface area contributed by atoms with E-state index in [1.165, 1.54) is 0 Å². The number of carbonyl (C=O) groups excluding carboxylic acids is 1. The van der Waals surface area contributed by atoms with Crippen molar-refractivity contribution in [1.82, 2.24) is 9.62 Å². The van der Waals surface area contributed by atoms with E-state index < -0.39 is 10.0 Å². The molecule has 1 fully saturated rings. The normalized spacial score (nSPS) is 17.9. The van der Waals surface area contributed by atoms with E-state index in [0.29, 0.717) is 18.9 Å². The molecule has 1 aliphatic heterocycles. The van der Waals surface area contributed by atoms with E-state index in [-0.39, 0.29) is 25.1 Å². The molecule has 24 heavy (non-hydrogen) atoms. The number of hydrogen-bond donors (Lipinski definition) is 1. The molecule has 1 unspecified atom stereocenters. The topological polar surface area (TPSA) is 84.9 Å². The standard InChI is InChI=1S/C16H24N2O5S/c1-22-14-7-5-13(6-8-14)11-18(24(2,20)21)12-16(19)17-10-15-4-3-9-23-15/h5-8,15H,3-4,9-12H2,1-2H3,(H,17,19). The van der Waals surface area contributed by atoms with Crippen LogP contribution in [0.2, 0.25) is 0 Å². The lowest BCUT2D eigenvalue weighted by atomic mass is 10.2. The maximum Gasteiger partial charge on any atom is 0.235 e. The smallest absolute Gasteiger partial charge is 0.235 e. The molecule has 7 nitrogen and oxygen atoms in total. The van der Waals surface area contributed by atoms with Gasteiger partial charge in [0, 0.05) is 19.7 Å². The number of hydrogen-bond acceptors (Lipinski definition) is 5. The van der Waals surface area contributed by atoms with Gasteiger partial charge in [-0.05, 0) is 30.5 Å². The molecule has 0 saturated carbocycles. The van der Waals surface area contributed by atoms with Gasteiger partial charge >= 0.3 is 0 Å². The molecule has 8 heteroatoms.